The molecule has 5 heterocycles. The smallest absolute Gasteiger partial charge is 0.232 e. The number of amides is 2. The van der Waals surface area contributed by atoms with E-state index in [0.717, 1.165) is 54.5 Å². The van der Waals surface area contributed by atoms with Crippen molar-refractivity contribution in [1.29, 1.82) is 0 Å². The molecule has 9 nitrogen and oxygen atoms in total. The van der Waals surface area contributed by atoms with Crippen LogP contribution in [0.3, 0.4) is 0 Å². The molecule has 5 atom stereocenters. The first kappa shape index (κ1) is 28.5. The molecule has 2 amide bonds. The summed E-state index contributed by atoms with van der Waals surface area (Å²) in [6, 6.07) is 12.8. The zero-order chi connectivity index (χ0) is 29.6. The Kier molecular flexibility index (Phi) is 7.41. The van der Waals surface area contributed by atoms with E-state index in [1.165, 1.54) is 0 Å². The molecular formula is C33H42N4O5. The van der Waals surface area contributed by atoms with Crippen LogP contribution >= 0.6 is 0 Å². The SMILES string of the molecule is CC[C@@]12CCCCc3ccc4c(c3)[C@@H](NC(=O)CC[C@@H]3COc5ccccc5[C@H]3N(C(=O)C1)C(N)=N2)[C@H](O)C(C)(C)O4. The molecule has 2 aromatic rings. The Bertz CT molecular complexity index is 1410. The van der Waals surface area contributed by atoms with E-state index in [9.17, 15) is 14.7 Å². The molecule has 0 aromatic heterocycles. The molecule has 4 bridgehead atoms. The van der Waals surface area contributed by atoms with Crippen LogP contribution in [0, 0.1) is 5.92 Å². The first-order valence-electron chi connectivity index (χ1n) is 15.3. The fourth-order valence-corrected chi connectivity index (χ4v) is 7.15. The average molecular weight is 575 g/mol. The topological polar surface area (TPSA) is 126 Å². The Hall–Kier alpha value is -3.59. The number of nitrogens with two attached hydrogens (primary N) is 1. The molecule has 0 radical (unpaired) electrons. The maximum absolute atomic E-state index is 13.9. The number of ether oxygens (including phenoxy) is 2. The maximum atomic E-state index is 13.9. The van der Waals surface area contributed by atoms with E-state index < -0.39 is 23.3 Å². The molecule has 0 saturated carbocycles. The number of nitrogens with zero attached hydrogens (tertiary/aromatic N) is 2. The minimum Gasteiger partial charge on any atom is -0.493 e. The van der Waals surface area contributed by atoms with Crippen LogP contribution in [-0.4, -0.2) is 51.6 Å². The number of hydrogen-bond acceptors (Lipinski definition) is 7. The van der Waals surface area contributed by atoms with E-state index in [0.29, 0.717) is 25.2 Å². The zero-order valence-electron chi connectivity index (χ0n) is 24.8. The van der Waals surface area contributed by atoms with Crippen LogP contribution in [0.4, 0.5) is 0 Å². The molecule has 42 heavy (non-hydrogen) atoms. The number of hydrogen-bond donors (Lipinski definition) is 3. The predicted molar refractivity (Wildman–Crippen MR) is 159 cm³/mol. The molecule has 7 rings (SSSR count). The monoisotopic (exact) mass is 574 g/mol. The molecule has 0 unspecified atom stereocenters. The third-order valence-electron chi connectivity index (χ3n) is 9.65. The van der Waals surface area contributed by atoms with Gasteiger partial charge in [0.1, 0.15) is 23.2 Å². The summed E-state index contributed by atoms with van der Waals surface area (Å²) in [6.07, 6.45) is 4.19. The normalized spacial score (nSPS) is 30.9. The highest BCUT2D eigenvalue weighted by molar-refractivity contribution is 5.99. The summed E-state index contributed by atoms with van der Waals surface area (Å²) in [5.74, 6) is 1.27. The van der Waals surface area contributed by atoms with Crippen molar-refractivity contribution in [2.75, 3.05) is 6.61 Å². The Morgan fingerprint density at radius 2 is 1.90 bits per heavy atom. The van der Waals surface area contributed by atoms with E-state index >= 15 is 0 Å². The Balaban J connectivity index is 1.38. The summed E-state index contributed by atoms with van der Waals surface area (Å²) in [6.45, 7) is 6.10. The molecule has 224 valence electrons. The third kappa shape index (κ3) is 5.12. The summed E-state index contributed by atoms with van der Waals surface area (Å²) >= 11 is 0. The van der Waals surface area contributed by atoms with E-state index in [-0.39, 0.29) is 36.2 Å². The third-order valence-corrected chi connectivity index (χ3v) is 9.65. The number of carbonyl (C=O) groups excluding carboxylic acids is 2. The summed E-state index contributed by atoms with van der Waals surface area (Å²) < 4.78 is 12.3. The first-order valence-corrected chi connectivity index (χ1v) is 15.3. The van der Waals surface area contributed by atoms with Gasteiger partial charge >= 0.3 is 0 Å². The van der Waals surface area contributed by atoms with E-state index in [2.05, 4.69) is 24.4 Å². The molecule has 2 aromatic carbocycles. The van der Waals surface area contributed by atoms with Crippen LogP contribution in [0.2, 0.25) is 0 Å². The zero-order valence-corrected chi connectivity index (χ0v) is 24.8. The van der Waals surface area contributed by atoms with Gasteiger partial charge in [-0.15, -0.1) is 0 Å². The van der Waals surface area contributed by atoms with E-state index in [4.69, 9.17) is 20.2 Å². The first-order chi connectivity index (χ1) is 20.1. The lowest BCUT2D eigenvalue weighted by atomic mass is 9.81. The number of aryl methyl sites for hydroxylation is 1. The van der Waals surface area contributed by atoms with Crippen LogP contribution in [0.5, 0.6) is 11.5 Å². The van der Waals surface area contributed by atoms with Gasteiger partial charge in [0.15, 0.2) is 5.96 Å². The highest BCUT2D eigenvalue weighted by atomic mass is 16.5. The quantitative estimate of drug-likeness (QED) is 0.466. The number of aliphatic imine (C=N–C) groups is 1. The number of aliphatic hydroxyl groups excluding tert-OH is 1. The van der Waals surface area contributed by atoms with Gasteiger partial charge in [-0.25, -0.2) is 4.99 Å². The molecule has 0 spiro atoms. The predicted octanol–water partition coefficient (Wildman–Crippen LogP) is 4.33. The second kappa shape index (κ2) is 10.9. The van der Waals surface area contributed by atoms with Crippen molar-refractivity contribution in [2.45, 2.75) is 101 Å². The fourth-order valence-electron chi connectivity index (χ4n) is 7.15. The molecule has 0 aliphatic carbocycles. The van der Waals surface area contributed by atoms with Gasteiger partial charge in [-0.3, -0.25) is 14.5 Å². The number of aliphatic hydroxyl groups is 1. The number of guanidine groups is 1. The van der Waals surface area contributed by atoms with Gasteiger partial charge in [-0.1, -0.05) is 37.6 Å². The van der Waals surface area contributed by atoms with Crippen molar-refractivity contribution < 1.29 is 24.2 Å². The van der Waals surface area contributed by atoms with Gasteiger partial charge in [0, 0.05) is 23.5 Å². The number of carbonyl (C=O) groups is 2. The summed E-state index contributed by atoms with van der Waals surface area (Å²) in [4.78, 5) is 34.1. The van der Waals surface area contributed by atoms with Gasteiger partial charge in [0.2, 0.25) is 11.8 Å². The lowest BCUT2D eigenvalue weighted by molar-refractivity contribution is -0.133. The van der Waals surface area contributed by atoms with Crippen LogP contribution < -0.4 is 20.5 Å². The standard InChI is InChI=1S/C33H42N4O5/c1-4-33-16-8-7-9-20-12-14-25-23(17-20)28(30(40)32(2,3)42-25)35-26(38)15-13-21-19-41-24-11-6-5-10-22(24)29(21)37(27(39)18-33)31(34)36-33/h5-6,10-12,14,17,21,28-30,40H,4,7-9,13,15-16,18-19H2,1-3H3,(H2,34,36)(H,35,38)/t21-,28-,29+,30+,33-/m1/s1. The Morgan fingerprint density at radius 3 is 2.69 bits per heavy atom. The number of fused-ring (bicyclic) bond motifs is 8. The van der Waals surface area contributed by atoms with E-state index in [1.807, 2.05) is 44.2 Å². The molecule has 5 aliphatic heterocycles. The van der Waals surface area contributed by atoms with Crippen LogP contribution in [-0.2, 0) is 16.0 Å². The minimum absolute atomic E-state index is 0.0330. The van der Waals surface area contributed by atoms with Gasteiger partial charge in [-0.2, -0.15) is 0 Å². The highest BCUT2D eigenvalue weighted by Gasteiger charge is 2.46. The van der Waals surface area contributed by atoms with Crippen molar-refractivity contribution in [1.82, 2.24) is 10.2 Å². The summed E-state index contributed by atoms with van der Waals surface area (Å²) in [7, 11) is 0. The second-order valence-corrected chi connectivity index (χ2v) is 12.9. The van der Waals surface area contributed by atoms with Crippen molar-refractivity contribution in [3.8, 4) is 11.5 Å². The molecule has 0 fully saturated rings. The molecule has 0 saturated heterocycles. The summed E-state index contributed by atoms with van der Waals surface area (Å²) in [5, 5.41) is 14.4. The van der Waals surface area contributed by atoms with Crippen molar-refractivity contribution in [3.05, 3.63) is 59.2 Å². The maximum Gasteiger partial charge on any atom is 0.232 e. The average Bonchev–Trinajstić information content (AvgIpc) is 2.96. The number of benzene rings is 2. The molecule has 5 aliphatic rings. The lowest BCUT2D eigenvalue weighted by Crippen LogP contribution is -2.55. The van der Waals surface area contributed by atoms with Gasteiger partial charge in [-0.05, 0) is 69.7 Å². The van der Waals surface area contributed by atoms with E-state index in [1.54, 1.807) is 4.90 Å². The van der Waals surface area contributed by atoms with Crippen LogP contribution in [0.1, 0.15) is 94.5 Å². The number of nitrogens with one attached hydrogen (secondary N) is 1. The second-order valence-electron chi connectivity index (χ2n) is 12.9. The molecule has 4 N–H and O–H groups in total. The van der Waals surface area contributed by atoms with Gasteiger partial charge < -0.3 is 25.6 Å². The number of rotatable bonds is 1. The Morgan fingerprint density at radius 1 is 1.10 bits per heavy atom. The van der Waals surface area contributed by atoms with Gasteiger partial charge in [0.05, 0.1) is 30.7 Å². The molecule has 9 heteroatoms. The van der Waals surface area contributed by atoms with Crippen molar-refractivity contribution >= 4 is 17.8 Å². The largest absolute Gasteiger partial charge is 0.493 e. The van der Waals surface area contributed by atoms with Gasteiger partial charge in [0.25, 0.3) is 0 Å². The van der Waals surface area contributed by atoms with Crippen molar-refractivity contribution in [3.63, 3.8) is 0 Å². The van der Waals surface area contributed by atoms with Crippen LogP contribution in [0.25, 0.3) is 0 Å². The highest BCUT2D eigenvalue weighted by Crippen LogP contribution is 2.45. The van der Waals surface area contributed by atoms with Crippen molar-refractivity contribution in [2.24, 2.45) is 16.6 Å². The molecular weight excluding hydrogens is 532 g/mol. The summed E-state index contributed by atoms with van der Waals surface area (Å²) in [5.41, 5.74) is 8.06. The Labute approximate surface area is 247 Å². The van der Waals surface area contributed by atoms with Crippen LogP contribution in [0.15, 0.2) is 47.5 Å². The fraction of sp³-hybridized carbons (Fsp3) is 0.545. The lowest BCUT2D eigenvalue weighted by Gasteiger charge is -2.45. The number of para-hydroxylation sites is 1. The minimum atomic E-state index is -0.924.